The van der Waals surface area contributed by atoms with Crippen molar-refractivity contribution < 1.29 is 23.2 Å². The summed E-state index contributed by atoms with van der Waals surface area (Å²) in [6.45, 7) is 1.44. The fourth-order valence-corrected chi connectivity index (χ4v) is 1.98. The molecule has 3 N–H and O–H groups in total. The first-order valence-corrected chi connectivity index (χ1v) is 6.04. The highest BCUT2D eigenvalue weighted by Crippen LogP contribution is 2.33. The van der Waals surface area contributed by atoms with Crippen molar-refractivity contribution in [2.45, 2.75) is 11.8 Å². The predicted octanol–water partition coefficient (Wildman–Crippen LogP) is 1.20. The van der Waals surface area contributed by atoms with E-state index >= 15 is 0 Å². The summed E-state index contributed by atoms with van der Waals surface area (Å²) in [7, 11) is -4.34. The third kappa shape index (κ3) is 1.90. The Morgan fingerprint density at radius 1 is 1.24 bits per heavy atom. The molecule has 0 fully saturated rings. The SMILES string of the molecule is Cc1c(O)nc2ccc(S(=O)(=O)O)cc2c1O. The Hall–Kier alpha value is -1.86. The molecule has 0 aliphatic carbocycles. The number of benzene rings is 1. The molecule has 0 unspecified atom stereocenters. The van der Waals surface area contributed by atoms with Gasteiger partial charge in [0.15, 0.2) is 0 Å². The molecule has 0 atom stereocenters. The Labute approximate surface area is 96.9 Å². The molecule has 7 heteroatoms. The lowest BCUT2D eigenvalue weighted by Crippen LogP contribution is -1.98. The van der Waals surface area contributed by atoms with Gasteiger partial charge in [-0.3, -0.25) is 4.55 Å². The molecule has 0 bridgehead atoms. The van der Waals surface area contributed by atoms with E-state index in [1.807, 2.05) is 0 Å². The van der Waals surface area contributed by atoms with Crippen LogP contribution in [0.4, 0.5) is 0 Å². The molecule has 2 rings (SSSR count). The summed E-state index contributed by atoms with van der Waals surface area (Å²) in [6, 6.07) is 3.52. The van der Waals surface area contributed by atoms with Gasteiger partial charge in [0, 0.05) is 5.39 Å². The Balaban J connectivity index is 2.87. The quantitative estimate of drug-likeness (QED) is 0.661. The van der Waals surface area contributed by atoms with Crippen molar-refractivity contribution in [1.82, 2.24) is 4.98 Å². The lowest BCUT2D eigenvalue weighted by atomic mass is 10.1. The van der Waals surface area contributed by atoms with E-state index in [2.05, 4.69) is 4.98 Å². The Kier molecular flexibility index (Phi) is 2.44. The minimum Gasteiger partial charge on any atom is -0.507 e. The molecule has 90 valence electrons. The van der Waals surface area contributed by atoms with E-state index < -0.39 is 10.1 Å². The van der Waals surface area contributed by atoms with Crippen molar-refractivity contribution in [3.05, 3.63) is 23.8 Å². The standard InChI is InChI=1S/C10H9NO5S/c1-5-9(12)7-4-6(17(14,15)16)2-3-8(7)11-10(5)13/h2-4H,1H3,(H2,11,12,13)(H,14,15,16). The van der Waals surface area contributed by atoms with Crippen molar-refractivity contribution in [3.63, 3.8) is 0 Å². The van der Waals surface area contributed by atoms with Gasteiger partial charge < -0.3 is 10.2 Å². The summed E-state index contributed by atoms with van der Waals surface area (Å²) in [6.07, 6.45) is 0. The number of aromatic nitrogens is 1. The molecule has 1 aromatic carbocycles. The van der Waals surface area contributed by atoms with Crippen LogP contribution in [0.3, 0.4) is 0 Å². The molecule has 6 nitrogen and oxygen atoms in total. The summed E-state index contributed by atoms with van der Waals surface area (Å²) >= 11 is 0. The van der Waals surface area contributed by atoms with Gasteiger partial charge in [-0.15, -0.1) is 0 Å². The summed E-state index contributed by atoms with van der Waals surface area (Å²) in [5.74, 6) is -0.590. The number of fused-ring (bicyclic) bond motifs is 1. The minimum absolute atomic E-state index is 0.144. The summed E-state index contributed by atoms with van der Waals surface area (Å²) < 4.78 is 30.8. The van der Waals surface area contributed by atoms with Crippen molar-refractivity contribution in [3.8, 4) is 11.6 Å². The number of pyridine rings is 1. The zero-order valence-corrected chi connectivity index (χ0v) is 9.56. The lowest BCUT2D eigenvalue weighted by Gasteiger charge is -2.06. The zero-order valence-electron chi connectivity index (χ0n) is 8.75. The number of nitrogens with zero attached hydrogens (tertiary/aromatic N) is 1. The van der Waals surface area contributed by atoms with E-state index in [0.29, 0.717) is 0 Å². The molecule has 0 aliphatic heterocycles. The van der Waals surface area contributed by atoms with Crippen molar-refractivity contribution in [1.29, 1.82) is 0 Å². The molecule has 0 saturated carbocycles. The first kappa shape index (κ1) is 11.6. The topological polar surface area (TPSA) is 108 Å². The van der Waals surface area contributed by atoms with Crippen LogP contribution in [0, 0.1) is 6.92 Å². The molecule has 0 aliphatic rings. The average molecular weight is 255 g/mol. The molecule has 2 aromatic rings. The number of aromatic hydroxyl groups is 2. The normalized spacial score (nSPS) is 11.9. The van der Waals surface area contributed by atoms with Gasteiger partial charge in [-0.1, -0.05) is 0 Å². The summed E-state index contributed by atoms with van der Waals surface area (Å²) in [5.41, 5.74) is 0.378. The maximum atomic E-state index is 10.9. The van der Waals surface area contributed by atoms with Crippen LogP contribution < -0.4 is 0 Å². The average Bonchev–Trinajstić information content (AvgIpc) is 2.24. The fourth-order valence-electron chi connectivity index (χ4n) is 1.47. The molecule has 0 spiro atoms. The largest absolute Gasteiger partial charge is 0.507 e. The van der Waals surface area contributed by atoms with E-state index in [1.165, 1.54) is 13.0 Å². The minimum atomic E-state index is -4.34. The van der Waals surface area contributed by atoms with Gasteiger partial charge in [0.2, 0.25) is 5.88 Å². The second-order valence-electron chi connectivity index (χ2n) is 3.56. The van der Waals surface area contributed by atoms with Gasteiger partial charge in [-0.25, -0.2) is 4.98 Å². The highest BCUT2D eigenvalue weighted by atomic mass is 32.2. The smallest absolute Gasteiger partial charge is 0.294 e. The Morgan fingerprint density at radius 3 is 2.47 bits per heavy atom. The van der Waals surface area contributed by atoms with E-state index in [4.69, 9.17) is 4.55 Å². The molecule has 0 radical (unpaired) electrons. The monoisotopic (exact) mass is 255 g/mol. The molecule has 17 heavy (non-hydrogen) atoms. The fraction of sp³-hybridized carbons (Fsp3) is 0.100. The lowest BCUT2D eigenvalue weighted by molar-refractivity contribution is 0.433. The van der Waals surface area contributed by atoms with E-state index in [-0.39, 0.29) is 33.0 Å². The van der Waals surface area contributed by atoms with Crippen LogP contribution in [0.15, 0.2) is 23.1 Å². The molecule has 1 aromatic heterocycles. The molecule has 1 heterocycles. The van der Waals surface area contributed by atoms with Crippen molar-refractivity contribution in [2.75, 3.05) is 0 Å². The van der Waals surface area contributed by atoms with Crippen LogP contribution in [0.1, 0.15) is 5.56 Å². The van der Waals surface area contributed by atoms with Gasteiger partial charge in [-0.2, -0.15) is 8.42 Å². The summed E-state index contributed by atoms with van der Waals surface area (Å²) in [5, 5.41) is 19.3. The maximum Gasteiger partial charge on any atom is 0.294 e. The van der Waals surface area contributed by atoms with Gasteiger partial charge >= 0.3 is 0 Å². The van der Waals surface area contributed by atoms with Gasteiger partial charge in [0.25, 0.3) is 10.1 Å². The van der Waals surface area contributed by atoms with Crippen molar-refractivity contribution in [2.24, 2.45) is 0 Å². The third-order valence-electron chi connectivity index (χ3n) is 2.44. The van der Waals surface area contributed by atoms with Gasteiger partial charge in [-0.05, 0) is 25.1 Å². The van der Waals surface area contributed by atoms with Crippen LogP contribution in [0.5, 0.6) is 11.6 Å². The highest BCUT2D eigenvalue weighted by Gasteiger charge is 2.15. The van der Waals surface area contributed by atoms with E-state index in [9.17, 15) is 18.6 Å². The van der Waals surface area contributed by atoms with E-state index in [0.717, 1.165) is 12.1 Å². The molecular formula is C10H9NO5S. The number of hydrogen-bond donors (Lipinski definition) is 3. The highest BCUT2D eigenvalue weighted by molar-refractivity contribution is 7.85. The number of rotatable bonds is 1. The first-order chi connectivity index (χ1) is 7.80. The Bertz CT molecular complexity index is 708. The first-order valence-electron chi connectivity index (χ1n) is 4.60. The second-order valence-corrected chi connectivity index (χ2v) is 4.98. The molecule has 0 amide bonds. The molecular weight excluding hydrogens is 246 g/mol. The second kappa shape index (κ2) is 3.57. The van der Waals surface area contributed by atoms with Crippen molar-refractivity contribution >= 4 is 21.0 Å². The van der Waals surface area contributed by atoms with Crippen LogP contribution in [-0.4, -0.2) is 28.2 Å². The predicted molar refractivity (Wildman–Crippen MR) is 59.6 cm³/mol. The van der Waals surface area contributed by atoms with Crippen LogP contribution in [0.2, 0.25) is 0 Å². The van der Waals surface area contributed by atoms with Gasteiger partial charge in [0.05, 0.1) is 16.0 Å². The number of hydrogen-bond acceptors (Lipinski definition) is 5. The van der Waals surface area contributed by atoms with Crippen LogP contribution in [-0.2, 0) is 10.1 Å². The third-order valence-corrected chi connectivity index (χ3v) is 3.29. The maximum absolute atomic E-state index is 10.9. The van der Waals surface area contributed by atoms with E-state index in [1.54, 1.807) is 0 Å². The Morgan fingerprint density at radius 2 is 1.88 bits per heavy atom. The van der Waals surface area contributed by atoms with Crippen LogP contribution >= 0.6 is 0 Å². The summed E-state index contributed by atoms with van der Waals surface area (Å²) in [4.78, 5) is 3.44. The molecule has 0 saturated heterocycles. The van der Waals surface area contributed by atoms with Crippen LogP contribution in [0.25, 0.3) is 10.9 Å². The van der Waals surface area contributed by atoms with Gasteiger partial charge in [0.1, 0.15) is 5.75 Å². The zero-order chi connectivity index (χ0) is 12.8.